The molecule has 0 fully saturated rings. The van der Waals surface area contributed by atoms with Crippen LogP contribution in [-0.4, -0.2) is 28.0 Å². The number of pyridine rings is 2. The highest BCUT2D eigenvalue weighted by molar-refractivity contribution is 6.30. The molecule has 0 aliphatic rings. The predicted molar refractivity (Wildman–Crippen MR) is 103 cm³/mol. The second-order valence-electron chi connectivity index (χ2n) is 6.35. The number of ether oxygens (including phenoxy) is 1. The van der Waals surface area contributed by atoms with Gasteiger partial charge in [0.05, 0.1) is 0 Å². The summed E-state index contributed by atoms with van der Waals surface area (Å²) < 4.78 is 43.9. The molecule has 1 atom stereocenters. The van der Waals surface area contributed by atoms with E-state index in [4.69, 9.17) is 16.3 Å². The van der Waals surface area contributed by atoms with Crippen LogP contribution in [0.25, 0.3) is 11.1 Å². The van der Waals surface area contributed by atoms with Crippen LogP contribution in [0.15, 0.2) is 61.1 Å². The number of alkyl halides is 3. The number of aromatic nitrogens is 2. The highest BCUT2D eigenvalue weighted by Crippen LogP contribution is 2.33. The maximum absolute atomic E-state index is 12.9. The number of carbonyl (C=O) groups excluding carboxylic acids is 1. The smallest absolute Gasteiger partial charge is 0.425 e. The summed E-state index contributed by atoms with van der Waals surface area (Å²) in [5, 5.41) is 0.482. The van der Waals surface area contributed by atoms with Crippen LogP contribution >= 0.6 is 11.6 Å². The third-order valence-electron chi connectivity index (χ3n) is 4.16. The van der Waals surface area contributed by atoms with Crippen LogP contribution in [0.5, 0.6) is 5.88 Å². The summed E-state index contributed by atoms with van der Waals surface area (Å²) in [4.78, 5) is 20.4. The van der Waals surface area contributed by atoms with Crippen LogP contribution < -0.4 is 4.74 Å². The molecule has 3 aromatic rings. The van der Waals surface area contributed by atoms with E-state index in [9.17, 15) is 18.0 Å². The molecule has 2 heterocycles. The molecule has 0 saturated carbocycles. The zero-order valence-corrected chi connectivity index (χ0v) is 16.0. The first kappa shape index (κ1) is 20.8. The Kier molecular flexibility index (Phi) is 6.17. The fourth-order valence-electron chi connectivity index (χ4n) is 2.57. The molecule has 3 rings (SSSR count). The highest BCUT2D eigenvalue weighted by atomic mass is 35.5. The molecule has 1 aromatic carbocycles. The van der Waals surface area contributed by atoms with Crippen molar-refractivity contribution in [1.29, 1.82) is 0 Å². The summed E-state index contributed by atoms with van der Waals surface area (Å²) in [6, 6.07) is 11.4. The van der Waals surface area contributed by atoms with E-state index in [-0.39, 0.29) is 18.1 Å². The van der Waals surface area contributed by atoms with Gasteiger partial charge in [0.15, 0.2) is 11.9 Å². The third kappa shape index (κ3) is 5.32. The average Bonchev–Trinajstić information content (AvgIpc) is 2.69. The standard InChI is InChI=1S/C21H16ClF3N2O2/c1-13(21(23,24)25)29-20-18(15-4-6-17(22)7-5-15)9-14(11-27-20)10-19(28)16-3-2-8-26-12-16/h2-9,11-13H,10H2,1H3/t13-/m0/s1. The molecule has 0 spiro atoms. The van der Waals surface area contributed by atoms with Crippen LogP contribution in [-0.2, 0) is 6.42 Å². The number of ketones is 1. The maximum atomic E-state index is 12.9. The Bertz CT molecular complexity index is 993. The van der Waals surface area contributed by atoms with Gasteiger partial charge in [0.2, 0.25) is 5.88 Å². The minimum atomic E-state index is -4.53. The van der Waals surface area contributed by atoms with Gasteiger partial charge in [-0.2, -0.15) is 13.2 Å². The molecule has 0 aliphatic heterocycles. The van der Waals surface area contributed by atoms with E-state index < -0.39 is 12.3 Å². The van der Waals surface area contributed by atoms with E-state index in [1.54, 1.807) is 48.7 Å². The van der Waals surface area contributed by atoms with E-state index in [0.717, 1.165) is 6.92 Å². The summed E-state index contributed by atoms with van der Waals surface area (Å²) in [5.74, 6) is -0.353. The van der Waals surface area contributed by atoms with E-state index in [2.05, 4.69) is 9.97 Å². The monoisotopic (exact) mass is 420 g/mol. The fourth-order valence-corrected chi connectivity index (χ4v) is 2.70. The summed E-state index contributed by atoms with van der Waals surface area (Å²) in [5.41, 5.74) is 1.89. The maximum Gasteiger partial charge on any atom is 0.425 e. The van der Waals surface area contributed by atoms with Gasteiger partial charge in [-0.25, -0.2) is 4.98 Å². The summed E-state index contributed by atoms with van der Waals surface area (Å²) in [7, 11) is 0. The summed E-state index contributed by atoms with van der Waals surface area (Å²) in [6.45, 7) is 0.910. The predicted octanol–water partition coefficient (Wildman–Crippen LogP) is 5.55. The second-order valence-corrected chi connectivity index (χ2v) is 6.78. The molecule has 29 heavy (non-hydrogen) atoms. The van der Waals surface area contributed by atoms with Crippen molar-refractivity contribution in [3.63, 3.8) is 0 Å². The molecule has 0 N–H and O–H groups in total. The lowest BCUT2D eigenvalue weighted by Gasteiger charge is -2.19. The minimum absolute atomic E-state index is 0.0222. The van der Waals surface area contributed by atoms with Crippen molar-refractivity contribution < 1.29 is 22.7 Å². The summed E-state index contributed by atoms with van der Waals surface area (Å²) in [6.07, 6.45) is -2.19. The van der Waals surface area contributed by atoms with E-state index in [0.29, 0.717) is 27.3 Å². The Labute approximate surface area is 170 Å². The molecule has 0 saturated heterocycles. The van der Waals surface area contributed by atoms with Crippen molar-refractivity contribution in [3.05, 3.63) is 77.2 Å². The fraction of sp³-hybridized carbons (Fsp3) is 0.190. The molecule has 150 valence electrons. The van der Waals surface area contributed by atoms with Gasteiger partial charge in [-0.05, 0) is 48.4 Å². The first-order valence-electron chi connectivity index (χ1n) is 8.65. The first-order chi connectivity index (χ1) is 13.7. The largest absolute Gasteiger partial charge is 0.465 e. The van der Waals surface area contributed by atoms with Crippen LogP contribution in [0.4, 0.5) is 13.2 Å². The van der Waals surface area contributed by atoms with Crippen LogP contribution in [0, 0.1) is 0 Å². The van der Waals surface area contributed by atoms with Crippen LogP contribution in [0.2, 0.25) is 5.02 Å². The van der Waals surface area contributed by atoms with Gasteiger partial charge in [-0.15, -0.1) is 0 Å². The van der Waals surface area contributed by atoms with Crippen molar-refractivity contribution in [2.24, 2.45) is 0 Å². The Morgan fingerprint density at radius 3 is 2.52 bits per heavy atom. The number of halogens is 4. The minimum Gasteiger partial charge on any atom is -0.465 e. The number of hydrogen-bond acceptors (Lipinski definition) is 4. The number of hydrogen-bond donors (Lipinski definition) is 0. The van der Waals surface area contributed by atoms with Crippen molar-refractivity contribution in [1.82, 2.24) is 9.97 Å². The van der Waals surface area contributed by atoms with Gasteiger partial charge < -0.3 is 4.74 Å². The lowest BCUT2D eigenvalue weighted by Crippen LogP contribution is -2.31. The lowest BCUT2D eigenvalue weighted by atomic mass is 10.0. The Hall–Kier alpha value is -2.93. The average molecular weight is 421 g/mol. The quantitative estimate of drug-likeness (QED) is 0.490. The number of Topliss-reactive ketones (excluding diaryl/α,β-unsaturated/α-hetero) is 1. The van der Waals surface area contributed by atoms with Gasteiger partial charge >= 0.3 is 6.18 Å². The molecule has 0 amide bonds. The van der Waals surface area contributed by atoms with Crippen molar-refractivity contribution in [3.8, 4) is 17.0 Å². The van der Waals surface area contributed by atoms with E-state index in [1.165, 1.54) is 12.4 Å². The van der Waals surface area contributed by atoms with Crippen molar-refractivity contribution in [2.75, 3.05) is 0 Å². The summed E-state index contributed by atoms with van der Waals surface area (Å²) >= 11 is 5.90. The second kappa shape index (κ2) is 8.61. The molecule has 4 nitrogen and oxygen atoms in total. The highest BCUT2D eigenvalue weighted by Gasteiger charge is 2.38. The molecule has 2 aromatic heterocycles. The van der Waals surface area contributed by atoms with Gasteiger partial charge in [0.25, 0.3) is 0 Å². The number of benzene rings is 1. The molecule has 0 radical (unpaired) electrons. The molecular weight excluding hydrogens is 405 g/mol. The van der Waals surface area contributed by atoms with Crippen molar-refractivity contribution >= 4 is 17.4 Å². The zero-order valence-electron chi connectivity index (χ0n) is 15.3. The lowest BCUT2D eigenvalue weighted by molar-refractivity contribution is -0.189. The number of rotatable bonds is 6. The van der Waals surface area contributed by atoms with Crippen LogP contribution in [0.1, 0.15) is 22.8 Å². The Balaban J connectivity index is 1.95. The van der Waals surface area contributed by atoms with Crippen molar-refractivity contribution in [2.45, 2.75) is 25.6 Å². The van der Waals surface area contributed by atoms with Gasteiger partial charge in [0, 0.05) is 41.2 Å². The molecule has 0 aliphatic carbocycles. The molecule has 0 unspecified atom stereocenters. The van der Waals surface area contributed by atoms with E-state index in [1.807, 2.05) is 0 Å². The van der Waals surface area contributed by atoms with Gasteiger partial charge in [-0.1, -0.05) is 23.7 Å². The SMILES string of the molecule is C[C@H](Oc1ncc(CC(=O)c2cccnc2)cc1-c1ccc(Cl)cc1)C(F)(F)F. The van der Waals surface area contributed by atoms with Gasteiger partial charge in [-0.3, -0.25) is 9.78 Å². The first-order valence-corrected chi connectivity index (χ1v) is 9.03. The van der Waals surface area contributed by atoms with Gasteiger partial charge in [0.1, 0.15) is 0 Å². The number of nitrogens with zero attached hydrogens (tertiary/aromatic N) is 2. The normalized spacial score (nSPS) is 12.4. The Morgan fingerprint density at radius 2 is 1.90 bits per heavy atom. The Morgan fingerprint density at radius 1 is 1.17 bits per heavy atom. The third-order valence-corrected chi connectivity index (χ3v) is 4.41. The van der Waals surface area contributed by atoms with Crippen LogP contribution in [0.3, 0.4) is 0 Å². The number of carbonyl (C=O) groups is 1. The molecule has 8 heteroatoms. The molecule has 0 bridgehead atoms. The molecular formula is C21H16ClF3N2O2. The topological polar surface area (TPSA) is 52.1 Å². The van der Waals surface area contributed by atoms with E-state index >= 15 is 0 Å². The zero-order chi connectivity index (χ0) is 21.0.